The Labute approximate surface area is 66.1 Å². The van der Waals surface area contributed by atoms with E-state index in [-0.39, 0.29) is 6.61 Å². The van der Waals surface area contributed by atoms with Gasteiger partial charge in [-0.15, -0.1) is 0 Å². The Hall–Kier alpha value is -0.610. The Morgan fingerprint density at radius 3 is 3.09 bits per heavy atom. The summed E-state index contributed by atoms with van der Waals surface area (Å²) in [7, 11) is 0. The number of carbonyl (C=O) groups excluding carboxylic acids is 1. The van der Waals surface area contributed by atoms with Gasteiger partial charge in [0, 0.05) is 6.04 Å². The smallest absolute Gasteiger partial charge is 0.243 e. The van der Waals surface area contributed by atoms with Crippen LogP contribution in [0.3, 0.4) is 0 Å². The number of hydrogen-bond donors (Lipinski definition) is 2. The Kier molecular flexibility index (Phi) is 3.32. The lowest BCUT2D eigenvalue weighted by Crippen LogP contribution is -2.29. The van der Waals surface area contributed by atoms with E-state index in [1.807, 2.05) is 0 Å². The molecule has 1 heterocycles. The minimum atomic E-state index is -0.400. The average Bonchev–Trinajstić information content (AvgIpc) is 2.39. The minimum absolute atomic E-state index is 0.0399. The largest absolute Gasteiger partial charge is 0.370 e. The molecule has 0 aromatic heterocycles. The Bertz CT molecular complexity index is 132. The van der Waals surface area contributed by atoms with Gasteiger partial charge in [0.25, 0.3) is 0 Å². The molecule has 11 heavy (non-hydrogen) atoms. The zero-order valence-corrected chi connectivity index (χ0v) is 6.51. The van der Waals surface area contributed by atoms with E-state index < -0.39 is 5.91 Å². The fourth-order valence-electron chi connectivity index (χ4n) is 1.20. The minimum Gasteiger partial charge on any atom is -0.370 e. The quantitative estimate of drug-likeness (QED) is 0.565. The first-order valence-electron chi connectivity index (χ1n) is 3.88. The molecule has 0 saturated carbocycles. The molecule has 0 aliphatic carbocycles. The van der Waals surface area contributed by atoms with Crippen LogP contribution in [0.25, 0.3) is 0 Å². The van der Waals surface area contributed by atoms with Crippen molar-refractivity contribution in [1.82, 2.24) is 5.32 Å². The monoisotopic (exact) mass is 158 g/mol. The van der Waals surface area contributed by atoms with Crippen molar-refractivity contribution >= 4 is 5.91 Å². The highest BCUT2D eigenvalue weighted by molar-refractivity contribution is 5.74. The van der Waals surface area contributed by atoms with Crippen molar-refractivity contribution in [2.75, 3.05) is 19.8 Å². The van der Waals surface area contributed by atoms with E-state index in [1.165, 1.54) is 6.42 Å². The topological polar surface area (TPSA) is 64.4 Å². The van der Waals surface area contributed by atoms with Crippen molar-refractivity contribution in [2.45, 2.75) is 18.9 Å². The van der Waals surface area contributed by atoms with E-state index in [1.54, 1.807) is 0 Å². The average molecular weight is 158 g/mol. The summed E-state index contributed by atoms with van der Waals surface area (Å²) >= 11 is 0. The van der Waals surface area contributed by atoms with Crippen LogP contribution in [0.15, 0.2) is 0 Å². The van der Waals surface area contributed by atoms with Gasteiger partial charge in [-0.1, -0.05) is 0 Å². The number of carbonyl (C=O) groups is 1. The van der Waals surface area contributed by atoms with Crippen LogP contribution in [-0.2, 0) is 9.53 Å². The highest BCUT2D eigenvalue weighted by Crippen LogP contribution is 2.04. The molecular formula is C7H14N2O2. The van der Waals surface area contributed by atoms with E-state index in [4.69, 9.17) is 10.5 Å². The van der Waals surface area contributed by atoms with Gasteiger partial charge in [-0.05, 0) is 19.4 Å². The van der Waals surface area contributed by atoms with Crippen LogP contribution in [0.5, 0.6) is 0 Å². The van der Waals surface area contributed by atoms with Gasteiger partial charge < -0.3 is 15.8 Å². The van der Waals surface area contributed by atoms with Gasteiger partial charge in [0.05, 0.1) is 6.61 Å². The summed E-state index contributed by atoms with van der Waals surface area (Å²) in [5, 5.41) is 3.25. The highest BCUT2D eigenvalue weighted by Gasteiger charge is 2.13. The van der Waals surface area contributed by atoms with E-state index in [9.17, 15) is 4.79 Å². The van der Waals surface area contributed by atoms with Crippen molar-refractivity contribution in [2.24, 2.45) is 5.73 Å². The lowest BCUT2D eigenvalue weighted by molar-refractivity contribution is -0.122. The molecule has 3 N–H and O–H groups in total. The summed E-state index contributed by atoms with van der Waals surface area (Å²) in [6.07, 6.45) is 2.34. The van der Waals surface area contributed by atoms with Gasteiger partial charge in [0.2, 0.25) is 5.91 Å². The number of primary amides is 1. The van der Waals surface area contributed by atoms with Crippen LogP contribution in [0, 0.1) is 0 Å². The summed E-state index contributed by atoms with van der Waals surface area (Å²) in [6.45, 7) is 1.70. The summed E-state index contributed by atoms with van der Waals surface area (Å²) < 4.78 is 5.04. The van der Waals surface area contributed by atoms with Crippen molar-refractivity contribution in [3.05, 3.63) is 0 Å². The first-order valence-corrected chi connectivity index (χ1v) is 3.88. The SMILES string of the molecule is NC(=O)COC[C@@H]1CCCN1. The molecule has 4 heteroatoms. The maximum absolute atomic E-state index is 10.2. The molecule has 0 unspecified atom stereocenters. The summed E-state index contributed by atoms with van der Waals surface area (Å²) in [6, 6.07) is 0.425. The van der Waals surface area contributed by atoms with Crippen LogP contribution >= 0.6 is 0 Å². The zero-order chi connectivity index (χ0) is 8.10. The molecule has 0 radical (unpaired) electrons. The van der Waals surface area contributed by atoms with Gasteiger partial charge in [-0.25, -0.2) is 0 Å². The van der Waals surface area contributed by atoms with E-state index in [0.29, 0.717) is 12.6 Å². The number of hydrogen-bond acceptors (Lipinski definition) is 3. The van der Waals surface area contributed by atoms with Gasteiger partial charge in [-0.3, -0.25) is 4.79 Å². The van der Waals surface area contributed by atoms with E-state index in [0.717, 1.165) is 13.0 Å². The molecule has 0 aromatic carbocycles. The third-order valence-electron chi connectivity index (χ3n) is 1.73. The second kappa shape index (κ2) is 4.31. The highest BCUT2D eigenvalue weighted by atomic mass is 16.5. The summed E-state index contributed by atoms with van der Waals surface area (Å²) in [5.74, 6) is -0.400. The molecule has 1 aliphatic rings. The molecule has 4 nitrogen and oxygen atoms in total. The molecule has 1 aliphatic heterocycles. The van der Waals surface area contributed by atoms with Gasteiger partial charge in [0.1, 0.15) is 6.61 Å². The number of rotatable bonds is 4. The van der Waals surface area contributed by atoms with Gasteiger partial charge >= 0.3 is 0 Å². The standard InChI is InChI=1S/C7H14N2O2/c8-7(10)5-11-4-6-2-1-3-9-6/h6,9H,1-5H2,(H2,8,10)/t6-/m0/s1. The predicted octanol–water partition coefficient (Wildman–Crippen LogP) is -0.760. The molecule has 64 valence electrons. The molecule has 0 aromatic rings. The first kappa shape index (κ1) is 8.49. The molecule has 1 atom stereocenters. The molecule has 1 amide bonds. The van der Waals surface area contributed by atoms with Crippen molar-refractivity contribution in [1.29, 1.82) is 0 Å². The van der Waals surface area contributed by atoms with Crippen molar-refractivity contribution in [3.8, 4) is 0 Å². The van der Waals surface area contributed by atoms with Crippen LogP contribution in [0.2, 0.25) is 0 Å². The third kappa shape index (κ3) is 3.34. The van der Waals surface area contributed by atoms with Crippen molar-refractivity contribution in [3.63, 3.8) is 0 Å². The lowest BCUT2D eigenvalue weighted by atomic mass is 10.2. The Balaban J connectivity index is 1.98. The maximum atomic E-state index is 10.2. The summed E-state index contributed by atoms with van der Waals surface area (Å²) in [5.41, 5.74) is 4.89. The predicted molar refractivity (Wildman–Crippen MR) is 41.0 cm³/mol. The zero-order valence-electron chi connectivity index (χ0n) is 6.51. The fourth-order valence-corrected chi connectivity index (χ4v) is 1.20. The second-order valence-electron chi connectivity index (χ2n) is 2.77. The molecule has 0 spiro atoms. The number of nitrogens with one attached hydrogen (secondary N) is 1. The third-order valence-corrected chi connectivity index (χ3v) is 1.73. The molecule has 1 rings (SSSR count). The van der Waals surface area contributed by atoms with Gasteiger partial charge in [0.15, 0.2) is 0 Å². The van der Waals surface area contributed by atoms with Crippen molar-refractivity contribution < 1.29 is 9.53 Å². The van der Waals surface area contributed by atoms with Crippen LogP contribution < -0.4 is 11.1 Å². The molecule has 0 bridgehead atoms. The van der Waals surface area contributed by atoms with Gasteiger partial charge in [-0.2, -0.15) is 0 Å². The number of amides is 1. The van der Waals surface area contributed by atoms with Crippen LogP contribution in [-0.4, -0.2) is 31.7 Å². The second-order valence-corrected chi connectivity index (χ2v) is 2.77. The van der Waals surface area contributed by atoms with E-state index in [2.05, 4.69) is 5.32 Å². The lowest BCUT2D eigenvalue weighted by Gasteiger charge is -2.08. The van der Waals surface area contributed by atoms with Crippen LogP contribution in [0.4, 0.5) is 0 Å². The Morgan fingerprint density at radius 1 is 1.73 bits per heavy atom. The molecule has 1 fully saturated rings. The molecule has 1 saturated heterocycles. The first-order chi connectivity index (χ1) is 5.29. The normalized spacial score (nSPS) is 23.8. The molecular weight excluding hydrogens is 144 g/mol. The number of nitrogens with two attached hydrogens (primary N) is 1. The Morgan fingerprint density at radius 2 is 2.55 bits per heavy atom. The van der Waals surface area contributed by atoms with Crippen LogP contribution in [0.1, 0.15) is 12.8 Å². The number of ether oxygens (including phenoxy) is 1. The summed E-state index contributed by atoms with van der Waals surface area (Å²) in [4.78, 5) is 10.2. The van der Waals surface area contributed by atoms with E-state index >= 15 is 0 Å². The maximum Gasteiger partial charge on any atom is 0.243 e. The fraction of sp³-hybridized carbons (Fsp3) is 0.857.